The van der Waals surface area contributed by atoms with Crippen LogP contribution >= 0.6 is 0 Å². The first-order valence-corrected chi connectivity index (χ1v) is 8.68. The summed E-state index contributed by atoms with van der Waals surface area (Å²) in [5.74, 6) is 0. The molecular formula is C16H13F6NO2S. The van der Waals surface area contributed by atoms with Crippen LogP contribution in [0, 0.1) is 0 Å². The molecule has 0 radical (unpaired) electrons. The molecule has 0 heterocycles. The summed E-state index contributed by atoms with van der Waals surface area (Å²) >= 11 is 0. The Morgan fingerprint density at radius 2 is 1.31 bits per heavy atom. The molecule has 0 aliphatic rings. The molecule has 0 aromatic heterocycles. The van der Waals surface area contributed by atoms with Gasteiger partial charge in [0, 0.05) is 6.54 Å². The molecule has 0 saturated heterocycles. The van der Waals surface area contributed by atoms with Gasteiger partial charge in [0.15, 0.2) is 0 Å². The van der Waals surface area contributed by atoms with E-state index in [1.807, 2.05) is 0 Å². The fourth-order valence-corrected chi connectivity index (χ4v) is 3.83. The van der Waals surface area contributed by atoms with E-state index in [-0.39, 0.29) is 30.4 Å². The lowest BCUT2D eigenvalue weighted by Crippen LogP contribution is -2.31. The molecule has 0 unspecified atom stereocenters. The van der Waals surface area contributed by atoms with Crippen molar-refractivity contribution in [3.63, 3.8) is 0 Å². The van der Waals surface area contributed by atoms with E-state index in [2.05, 4.69) is 0 Å². The topological polar surface area (TPSA) is 37.4 Å². The van der Waals surface area contributed by atoms with Crippen molar-refractivity contribution in [3.05, 3.63) is 59.7 Å². The summed E-state index contributed by atoms with van der Waals surface area (Å²) in [7, 11) is -4.64. The first kappa shape index (κ1) is 20.1. The minimum absolute atomic E-state index is 0.113. The summed E-state index contributed by atoms with van der Waals surface area (Å²) in [5, 5.41) is 0. The summed E-state index contributed by atoms with van der Waals surface area (Å²) in [6.07, 6.45) is -10.3. The Balaban J connectivity index is 2.68. The smallest absolute Gasteiger partial charge is 0.267 e. The van der Waals surface area contributed by atoms with Crippen molar-refractivity contribution in [1.29, 1.82) is 0 Å². The lowest BCUT2D eigenvalue weighted by Gasteiger charge is -2.24. The monoisotopic (exact) mass is 397 g/mol. The van der Waals surface area contributed by atoms with E-state index in [1.165, 1.54) is 31.2 Å². The molecule has 0 aliphatic heterocycles. The maximum Gasteiger partial charge on any atom is 0.416 e. The van der Waals surface area contributed by atoms with Crippen molar-refractivity contribution >= 4 is 15.7 Å². The van der Waals surface area contributed by atoms with Crippen molar-refractivity contribution in [2.75, 3.05) is 10.8 Å². The lowest BCUT2D eigenvalue weighted by atomic mass is 10.1. The van der Waals surface area contributed by atoms with Gasteiger partial charge in [0.05, 0.1) is 21.7 Å². The van der Waals surface area contributed by atoms with E-state index in [0.717, 1.165) is 4.31 Å². The van der Waals surface area contributed by atoms with Gasteiger partial charge in [-0.1, -0.05) is 18.2 Å². The Hall–Kier alpha value is -2.23. The van der Waals surface area contributed by atoms with E-state index < -0.39 is 38.4 Å². The highest BCUT2D eigenvalue weighted by molar-refractivity contribution is 7.92. The molecule has 2 rings (SSSR count). The van der Waals surface area contributed by atoms with Crippen LogP contribution in [0.5, 0.6) is 0 Å². The number of anilines is 1. The van der Waals surface area contributed by atoms with Crippen LogP contribution in [-0.4, -0.2) is 15.0 Å². The van der Waals surface area contributed by atoms with Crippen LogP contribution in [0.2, 0.25) is 0 Å². The molecule has 26 heavy (non-hydrogen) atoms. The molecule has 142 valence electrons. The van der Waals surface area contributed by atoms with Crippen molar-refractivity contribution < 1.29 is 34.8 Å². The standard InChI is InChI=1S/C16H13F6NO2S/c1-2-23(13-6-4-3-5-7-13)26(24,25)14-9-11(15(17,18)19)8-12(10-14)16(20,21)22/h3-10H,2H2,1H3. The number of para-hydroxylation sites is 1. The molecule has 0 aliphatic carbocycles. The van der Waals surface area contributed by atoms with E-state index in [0.29, 0.717) is 0 Å². The molecule has 0 amide bonds. The fraction of sp³-hybridized carbons (Fsp3) is 0.250. The normalized spacial score (nSPS) is 12.9. The van der Waals surface area contributed by atoms with Gasteiger partial charge in [0.2, 0.25) is 0 Å². The quantitative estimate of drug-likeness (QED) is 0.686. The Bertz CT molecular complexity index is 844. The van der Waals surface area contributed by atoms with Gasteiger partial charge >= 0.3 is 12.4 Å². The molecule has 0 N–H and O–H groups in total. The van der Waals surface area contributed by atoms with E-state index in [4.69, 9.17) is 0 Å². The second kappa shape index (κ2) is 6.82. The number of nitrogens with zero attached hydrogens (tertiary/aromatic N) is 1. The molecule has 0 fully saturated rings. The molecule has 2 aromatic carbocycles. The predicted octanol–water partition coefficient (Wildman–Crippen LogP) is 4.94. The summed E-state index contributed by atoms with van der Waals surface area (Å²) in [6.45, 7) is 1.24. The van der Waals surface area contributed by atoms with Gasteiger partial charge < -0.3 is 0 Å². The van der Waals surface area contributed by atoms with E-state index in [9.17, 15) is 34.8 Å². The molecule has 0 spiro atoms. The van der Waals surface area contributed by atoms with Crippen LogP contribution < -0.4 is 4.31 Å². The minimum atomic E-state index is -5.13. The van der Waals surface area contributed by atoms with Gasteiger partial charge in [-0.25, -0.2) is 8.42 Å². The van der Waals surface area contributed by atoms with Crippen molar-refractivity contribution in [3.8, 4) is 0 Å². The van der Waals surface area contributed by atoms with Crippen LogP contribution in [-0.2, 0) is 22.4 Å². The number of sulfonamides is 1. The second-order valence-electron chi connectivity index (χ2n) is 5.25. The largest absolute Gasteiger partial charge is 0.416 e. The highest BCUT2D eigenvalue weighted by Gasteiger charge is 2.39. The van der Waals surface area contributed by atoms with Crippen LogP contribution in [0.25, 0.3) is 0 Å². The Morgan fingerprint density at radius 1 is 0.846 bits per heavy atom. The van der Waals surface area contributed by atoms with Gasteiger partial charge in [-0.15, -0.1) is 0 Å². The number of rotatable bonds is 4. The average molecular weight is 397 g/mol. The summed E-state index contributed by atoms with van der Waals surface area (Å²) < 4.78 is 104. The first-order valence-electron chi connectivity index (χ1n) is 7.24. The van der Waals surface area contributed by atoms with E-state index >= 15 is 0 Å². The third kappa shape index (κ3) is 4.12. The SMILES string of the molecule is CCN(c1ccccc1)S(=O)(=O)c1cc(C(F)(F)F)cc(C(F)(F)F)c1. The van der Waals surface area contributed by atoms with Crippen molar-refractivity contribution in [2.24, 2.45) is 0 Å². The Kier molecular flexibility index (Phi) is 5.27. The van der Waals surface area contributed by atoms with E-state index in [1.54, 1.807) is 6.07 Å². The molecule has 0 saturated carbocycles. The first-order chi connectivity index (χ1) is 11.9. The third-order valence-electron chi connectivity index (χ3n) is 3.48. The predicted molar refractivity (Wildman–Crippen MR) is 83.1 cm³/mol. The minimum Gasteiger partial charge on any atom is -0.267 e. The maximum absolute atomic E-state index is 13.0. The molecule has 10 heteroatoms. The number of benzene rings is 2. The molecular weight excluding hydrogens is 384 g/mol. The van der Waals surface area contributed by atoms with Gasteiger partial charge in [0.1, 0.15) is 0 Å². The molecule has 0 bridgehead atoms. The molecule has 3 nitrogen and oxygen atoms in total. The van der Waals surface area contributed by atoms with Gasteiger partial charge in [-0.3, -0.25) is 4.31 Å². The number of alkyl halides is 6. The van der Waals surface area contributed by atoms with Crippen molar-refractivity contribution in [2.45, 2.75) is 24.2 Å². The maximum atomic E-state index is 13.0. The van der Waals surface area contributed by atoms with Crippen LogP contribution in [0.1, 0.15) is 18.1 Å². The number of hydrogen-bond donors (Lipinski definition) is 0. The highest BCUT2D eigenvalue weighted by atomic mass is 32.2. The summed E-state index contributed by atoms with van der Waals surface area (Å²) in [5.41, 5.74) is -3.24. The van der Waals surface area contributed by atoms with Crippen LogP contribution in [0.4, 0.5) is 32.0 Å². The van der Waals surface area contributed by atoms with Gasteiger partial charge in [-0.05, 0) is 37.3 Å². The van der Waals surface area contributed by atoms with Gasteiger partial charge in [-0.2, -0.15) is 26.3 Å². The van der Waals surface area contributed by atoms with Crippen molar-refractivity contribution in [1.82, 2.24) is 0 Å². The second-order valence-corrected chi connectivity index (χ2v) is 7.11. The summed E-state index contributed by atoms with van der Waals surface area (Å²) in [4.78, 5) is -1.08. The van der Waals surface area contributed by atoms with Crippen LogP contribution in [0.15, 0.2) is 53.4 Å². The fourth-order valence-electron chi connectivity index (χ4n) is 2.29. The summed E-state index contributed by atoms with van der Waals surface area (Å²) in [6, 6.07) is 7.67. The number of hydrogen-bond acceptors (Lipinski definition) is 2. The lowest BCUT2D eigenvalue weighted by molar-refractivity contribution is -0.143. The Labute approximate surface area is 145 Å². The zero-order valence-corrected chi connectivity index (χ0v) is 14.1. The zero-order valence-electron chi connectivity index (χ0n) is 13.3. The molecule has 2 aromatic rings. The number of halogens is 6. The van der Waals surface area contributed by atoms with Crippen LogP contribution in [0.3, 0.4) is 0 Å². The zero-order chi connectivity index (χ0) is 19.8. The van der Waals surface area contributed by atoms with Gasteiger partial charge in [0.25, 0.3) is 10.0 Å². The average Bonchev–Trinajstić information content (AvgIpc) is 2.54. The Morgan fingerprint density at radius 3 is 1.69 bits per heavy atom. The third-order valence-corrected chi connectivity index (χ3v) is 5.36. The molecule has 0 atom stereocenters. The highest BCUT2D eigenvalue weighted by Crippen LogP contribution is 2.38.